The van der Waals surface area contributed by atoms with Crippen LogP contribution in [0.2, 0.25) is 0 Å². The van der Waals surface area contributed by atoms with Gasteiger partial charge in [-0.15, -0.1) is 5.10 Å². The third-order valence-electron chi connectivity index (χ3n) is 5.80. The van der Waals surface area contributed by atoms with Crippen LogP contribution in [0.4, 0.5) is 0 Å². The van der Waals surface area contributed by atoms with E-state index in [4.69, 9.17) is 0 Å². The summed E-state index contributed by atoms with van der Waals surface area (Å²) in [7, 11) is 0. The molecule has 0 saturated carbocycles. The Balaban J connectivity index is 1.37. The second-order valence-electron chi connectivity index (χ2n) is 8.51. The summed E-state index contributed by atoms with van der Waals surface area (Å²) in [5.74, 6) is 1.26. The smallest absolute Gasteiger partial charge is 0.254 e. The standard InChI is InChI=1S/C24H31N7O2S/c1-4-9-25-21(32)15-29-10-12-30(13-11-29)22(33)20-8-6-5-7-19(20)16-34-24-27-23-26-17(2)14-18(3)31(23)28-24/h5-8,14H,4,9-13,15-16H2,1-3H3,(H,25,32). The number of aromatic nitrogens is 4. The van der Waals surface area contributed by atoms with Crippen LogP contribution in [0.3, 0.4) is 0 Å². The van der Waals surface area contributed by atoms with Crippen molar-refractivity contribution >= 4 is 29.4 Å². The molecule has 0 radical (unpaired) electrons. The van der Waals surface area contributed by atoms with Crippen LogP contribution in [0.15, 0.2) is 35.5 Å². The quantitative estimate of drug-likeness (QED) is 0.493. The first-order chi connectivity index (χ1) is 16.4. The number of nitrogens with one attached hydrogen (secondary N) is 1. The first-order valence-corrected chi connectivity index (χ1v) is 12.6. The van der Waals surface area contributed by atoms with Gasteiger partial charge in [0.15, 0.2) is 0 Å². The largest absolute Gasteiger partial charge is 0.355 e. The van der Waals surface area contributed by atoms with Crippen molar-refractivity contribution in [2.75, 3.05) is 39.3 Å². The Bertz CT molecular complexity index is 1170. The van der Waals surface area contributed by atoms with Crippen LogP contribution in [0.1, 0.15) is 40.7 Å². The fraction of sp³-hybridized carbons (Fsp3) is 0.458. The van der Waals surface area contributed by atoms with E-state index < -0.39 is 0 Å². The van der Waals surface area contributed by atoms with Crippen molar-refractivity contribution < 1.29 is 9.59 Å². The maximum absolute atomic E-state index is 13.3. The molecule has 1 saturated heterocycles. The summed E-state index contributed by atoms with van der Waals surface area (Å²) in [6, 6.07) is 9.69. The van der Waals surface area contributed by atoms with Gasteiger partial charge in [-0.1, -0.05) is 36.9 Å². The predicted molar refractivity (Wildman–Crippen MR) is 132 cm³/mol. The molecular weight excluding hydrogens is 450 g/mol. The highest BCUT2D eigenvalue weighted by molar-refractivity contribution is 7.98. The molecule has 3 heterocycles. The van der Waals surface area contributed by atoms with Gasteiger partial charge in [0, 0.05) is 55.4 Å². The number of carbonyl (C=O) groups excluding carboxylic acids is 2. The number of fused-ring (bicyclic) bond motifs is 1. The summed E-state index contributed by atoms with van der Waals surface area (Å²) >= 11 is 1.50. The molecule has 2 aromatic heterocycles. The lowest BCUT2D eigenvalue weighted by Crippen LogP contribution is -2.51. The number of aryl methyl sites for hydroxylation is 2. The Hall–Kier alpha value is -2.98. The maximum atomic E-state index is 13.3. The molecule has 1 aliphatic heterocycles. The molecule has 2 amide bonds. The Morgan fingerprint density at radius 3 is 2.62 bits per heavy atom. The van der Waals surface area contributed by atoms with E-state index in [2.05, 4.69) is 25.3 Å². The van der Waals surface area contributed by atoms with E-state index in [1.54, 1.807) is 4.52 Å². The lowest BCUT2D eigenvalue weighted by molar-refractivity contribution is -0.122. The topological polar surface area (TPSA) is 95.7 Å². The summed E-state index contributed by atoms with van der Waals surface area (Å²) in [4.78, 5) is 38.2. The molecule has 10 heteroatoms. The lowest BCUT2D eigenvalue weighted by atomic mass is 10.1. The monoisotopic (exact) mass is 481 g/mol. The maximum Gasteiger partial charge on any atom is 0.254 e. The molecule has 0 unspecified atom stereocenters. The summed E-state index contributed by atoms with van der Waals surface area (Å²) < 4.78 is 1.74. The minimum absolute atomic E-state index is 0.0300. The molecule has 4 rings (SSSR count). The number of amides is 2. The average molecular weight is 482 g/mol. The van der Waals surface area contributed by atoms with E-state index in [9.17, 15) is 9.59 Å². The van der Waals surface area contributed by atoms with Crippen molar-refractivity contribution in [1.82, 2.24) is 34.7 Å². The summed E-state index contributed by atoms with van der Waals surface area (Å²) in [6.45, 7) is 9.65. The van der Waals surface area contributed by atoms with E-state index in [1.165, 1.54) is 11.8 Å². The number of benzene rings is 1. The Morgan fingerprint density at radius 2 is 1.85 bits per heavy atom. The van der Waals surface area contributed by atoms with Crippen LogP contribution in [0, 0.1) is 13.8 Å². The molecular formula is C24H31N7O2S. The molecule has 9 nitrogen and oxygen atoms in total. The third-order valence-corrected chi connectivity index (χ3v) is 6.69. The number of rotatable bonds is 8. The van der Waals surface area contributed by atoms with E-state index in [1.807, 2.05) is 56.0 Å². The van der Waals surface area contributed by atoms with Crippen molar-refractivity contribution in [3.8, 4) is 0 Å². The molecule has 0 atom stereocenters. The Labute approximate surface area is 203 Å². The van der Waals surface area contributed by atoms with Gasteiger partial charge in [-0.05, 0) is 38.0 Å². The number of nitrogens with zero attached hydrogens (tertiary/aromatic N) is 6. The van der Waals surface area contributed by atoms with Gasteiger partial charge in [0.2, 0.25) is 11.1 Å². The first kappa shape index (κ1) is 24.2. The molecule has 0 bridgehead atoms. The zero-order valence-corrected chi connectivity index (χ0v) is 20.8. The second-order valence-corrected chi connectivity index (χ2v) is 9.45. The van der Waals surface area contributed by atoms with Gasteiger partial charge in [0.05, 0.1) is 6.54 Å². The van der Waals surface area contributed by atoms with E-state index in [0.29, 0.717) is 61.5 Å². The van der Waals surface area contributed by atoms with Crippen molar-refractivity contribution in [3.05, 3.63) is 52.8 Å². The Kier molecular flexibility index (Phi) is 7.79. The van der Waals surface area contributed by atoms with Crippen LogP contribution in [-0.2, 0) is 10.5 Å². The van der Waals surface area contributed by atoms with E-state index in [0.717, 1.165) is 23.4 Å². The zero-order valence-electron chi connectivity index (χ0n) is 20.0. The summed E-state index contributed by atoms with van der Waals surface area (Å²) in [5.41, 5.74) is 3.56. The van der Waals surface area contributed by atoms with Crippen LogP contribution >= 0.6 is 11.8 Å². The molecule has 1 aliphatic rings. The van der Waals surface area contributed by atoms with Crippen LogP contribution < -0.4 is 5.32 Å². The van der Waals surface area contributed by atoms with Crippen LogP contribution in [0.25, 0.3) is 5.78 Å². The van der Waals surface area contributed by atoms with Crippen LogP contribution in [0.5, 0.6) is 0 Å². The van der Waals surface area contributed by atoms with E-state index >= 15 is 0 Å². The van der Waals surface area contributed by atoms with Gasteiger partial charge >= 0.3 is 0 Å². The number of thioether (sulfide) groups is 1. The van der Waals surface area contributed by atoms with Crippen molar-refractivity contribution in [2.24, 2.45) is 0 Å². The zero-order chi connectivity index (χ0) is 24.1. The van der Waals surface area contributed by atoms with E-state index in [-0.39, 0.29) is 11.8 Å². The molecule has 0 aliphatic carbocycles. The van der Waals surface area contributed by atoms with Gasteiger partial charge in [0.25, 0.3) is 11.7 Å². The van der Waals surface area contributed by atoms with Crippen molar-refractivity contribution in [2.45, 2.75) is 38.1 Å². The highest BCUT2D eigenvalue weighted by Gasteiger charge is 2.24. The molecule has 34 heavy (non-hydrogen) atoms. The van der Waals surface area contributed by atoms with Gasteiger partial charge in [0.1, 0.15) is 0 Å². The minimum atomic E-state index is 0.0300. The minimum Gasteiger partial charge on any atom is -0.355 e. The summed E-state index contributed by atoms with van der Waals surface area (Å²) in [6.07, 6.45) is 0.926. The SMILES string of the molecule is CCCNC(=O)CN1CCN(C(=O)c2ccccc2CSc2nc3nc(C)cc(C)n3n2)CC1. The van der Waals surface area contributed by atoms with Gasteiger partial charge < -0.3 is 10.2 Å². The highest BCUT2D eigenvalue weighted by atomic mass is 32.2. The molecule has 1 N–H and O–H groups in total. The predicted octanol–water partition coefficient (Wildman–Crippen LogP) is 2.32. The molecule has 0 spiro atoms. The molecule has 1 fully saturated rings. The second kappa shape index (κ2) is 11.0. The normalized spacial score (nSPS) is 14.5. The van der Waals surface area contributed by atoms with Crippen molar-refractivity contribution in [3.63, 3.8) is 0 Å². The number of hydrogen-bond acceptors (Lipinski definition) is 7. The number of carbonyl (C=O) groups is 2. The Morgan fingerprint density at radius 1 is 1.09 bits per heavy atom. The van der Waals surface area contributed by atoms with Crippen molar-refractivity contribution in [1.29, 1.82) is 0 Å². The van der Waals surface area contributed by atoms with Gasteiger partial charge in [-0.25, -0.2) is 9.50 Å². The average Bonchev–Trinajstić information content (AvgIpc) is 3.25. The summed E-state index contributed by atoms with van der Waals surface area (Å²) in [5, 5.41) is 8.10. The first-order valence-electron chi connectivity index (χ1n) is 11.6. The third kappa shape index (κ3) is 5.74. The lowest BCUT2D eigenvalue weighted by Gasteiger charge is -2.34. The highest BCUT2D eigenvalue weighted by Crippen LogP contribution is 2.24. The molecule has 180 valence electrons. The molecule has 3 aromatic rings. The fourth-order valence-corrected chi connectivity index (χ4v) is 4.83. The van der Waals surface area contributed by atoms with Gasteiger partial charge in [-0.2, -0.15) is 4.98 Å². The van der Waals surface area contributed by atoms with Crippen LogP contribution in [-0.4, -0.2) is 80.5 Å². The number of hydrogen-bond donors (Lipinski definition) is 1. The molecule has 1 aromatic carbocycles. The number of piperazine rings is 1. The van der Waals surface area contributed by atoms with Gasteiger partial charge in [-0.3, -0.25) is 14.5 Å². The fourth-order valence-electron chi connectivity index (χ4n) is 4.01.